The predicted octanol–water partition coefficient (Wildman–Crippen LogP) is 2.78. The summed E-state index contributed by atoms with van der Waals surface area (Å²) < 4.78 is 14.4. The van der Waals surface area contributed by atoms with E-state index < -0.39 is 17.7 Å². The molecule has 1 aliphatic rings. The van der Waals surface area contributed by atoms with Gasteiger partial charge in [-0.3, -0.25) is 24.1 Å². The van der Waals surface area contributed by atoms with Gasteiger partial charge in [0, 0.05) is 72.5 Å². The van der Waals surface area contributed by atoms with Crippen LogP contribution in [-0.4, -0.2) is 99.1 Å². The van der Waals surface area contributed by atoms with E-state index >= 15 is 0 Å². The first-order chi connectivity index (χ1) is 24.0. The number of halogens is 1. The highest BCUT2D eigenvalue weighted by atomic mass is 35.5. The molecule has 16 nitrogen and oxygen atoms in total. The maximum absolute atomic E-state index is 13.2. The van der Waals surface area contributed by atoms with Crippen LogP contribution in [0.2, 0.25) is 5.02 Å². The zero-order valence-electron chi connectivity index (χ0n) is 28.2. The molecule has 5 heterocycles. The summed E-state index contributed by atoms with van der Waals surface area (Å²) in [5.41, 5.74) is 7.80. The molecule has 4 aromatic rings. The third-order valence-corrected chi connectivity index (χ3v) is 9.36. The van der Waals surface area contributed by atoms with Crippen molar-refractivity contribution in [3.63, 3.8) is 0 Å². The van der Waals surface area contributed by atoms with Gasteiger partial charge in [0.15, 0.2) is 5.69 Å². The van der Waals surface area contributed by atoms with Gasteiger partial charge in [-0.25, -0.2) is 0 Å². The molecule has 18 heteroatoms. The predicted molar refractivity (Wildman–Crippen MR) is 194 cm³/mol. The Morgan fingerprint density at radius 3 is 1.86 bits per heavy atom. The summed E-state index contributed by atoms with van der Waals surface area (Å²) in [6.45, 7) is 5.56. The van der Waals surface area contributed by atoms with Gasteiger partial charge in [0.1, 0.15) is 27.1 Å². The van der Waals surface area contributed by atoms with Crippen LogP contribution in [0.5, 0.6) is 0 Å². The highest BCUT2D eigenvalue weighted by molar-refractivity contribution is 7.11. The van der Waals surface area contributed by atoms with Crippen LogP contribution in [0.3, 0.4) is 0 Å². The van der Waals surface area contributed by atoms with E-state index in [-0.39, 0.29) is 28.0 Å². The van der Waals surface area contributed by atoms with Crippen molar-refractivity contribution >= 4 is 68.8 Å². The lowest BCUT2D eigenvalue weighted by Crippen LogP contribution is -2.41. The Bertz CT molecular complexity index is 1840. The molecule has 4 aromatic heterocycles. The fourth-order valence-corrected chi connectivity index (χ4v) is 6.45. The number of anilines is 4. The number of rotatable bonds is 15. The summed E-state index contributed by atoms with van der Waals surface area (Å²) in [6, 6.07) is 4.69. The van der Waals surface area contributed by atoms with Crippen molar-refractivity contribution in [3.05, 3.63) is 64.6 Å². The Morgan fingerprint density at radius 1 is 0.800 bits per heavy atom. The zero-order valence-corrected chi connectivity index (χ0v) is 29.7. The summed E-state index contributed by atoms with van der Waals surface area (Å²) in [5.74, 6) is -1.62. The first kappa shape index (κ1) is 36.6. The molecule has 7 N–H and O–H groups in total. The molecular formula is C32H42ClN11O5S. The maximum atomic E-state index is 13.2. The molecular weight excluding hydrogens is 686 g/mol. The number of morpholine rings is 1. The number of hydrogen-bond acceptors (Lipinski definition) is 10. The molecule has 0 bridgehead atoms. The molecule has 4 amide bonds. The lowest BCUT2D eigenvalue weighted by Gasteiger charge is -2.26. The second kappa shape index (κ2) is 16.8. The second-order valence-corrected chi connectivity index (χ2v) is 13.0. The standard InChI is InChI=1S/C32H42ClN11O5S/c1-41-17-20(14-23(41)28(45)35-8-9-44-10-12-49-13-11-44)37-29(46)24-15-21(18-42(24)2)38-30(47)25-16-22(19-43(25)3)39-31(48)27-26(33)32(50-40-27)36-7-5-4-6-34/h14-19,36H,4-13,34H2,1-3H3,(H,35,45)(H,37,46)(H,38,47)(H,39,48). The van der Waals surface area contributed by atoms with Crippen molar-refractivity contribution in [3.8, 4) is 0 Å². The molecule has 268 valence electrons. The molecule has 1 fully saturated rings. The smallest absolute Gasteiger partial charge is 0.277 e. The van der Waals surface area contributed by atoms with Crippen molar-refractivity contribution in [2.75, 3.05) is 73.7 Å². The highest BCUT2D eigenvalue weighted by Gasteiger charge is 2.22. The lowest BCUT2D eigenvalue weighted by atomic mass is 10.3. The van der Waals surface area contributed by atoms with Crippen LogP contribution in [0.4, 0.5) is 22.1 Å². The fraction of sp³-hybridized carbons (Fsp3) is 0.406. The van der Waals surface area contributed by atoms with Crippen LogP contribution in [-0.2, 0) is 25.9 Å². The Morgan fingerprint density at radius 2 is 1.32 bits per heavy atom. The minimum Gasteiger partial charge on any atom is -0.379 e. The Balaban J connectivity index is 1.15. The topological polar surface area (TPSA) is 195 Å². The quantitative estimate of drug-likeness (QED) is 0.0999. The van der Waals surface area contributed by atoms with E-state index in [0.717, 1.165) is 44.0 Å². The van der Waals surface area contributed by atoms with Gasteiger partial charge in [-0.1, -0.05) is 11.6 Å². The molecule has 1 saturated heterocycles. The van der Waals surface area contributed by atoms with E-state index in [2.05, 4.69) is 35.9 Å². The summed E-state index contributed by atoms with van der Waals surface area (Å²) >= 11 is 7.49. The van der Waals surface area contributed by atoms with Crippen LogP contribution in [0.15, 0.2) is 36.8 Å². The van der Waals surface area contributed by atoms with Crippen molar-refractivity contribution < 1.29 is 23.9 Å². The van der Waals surface area contributed by atoms with Crippen LogP contribution in [0.25, 0.3) is 0 Å². The van der Waals surface area contributed by atoms with Crippen LogP contribution < -0.4 is 32.3 Å². The van der Waals surface area contributed by atoms with Gasteiger partial charge in [-0.05, 0) is 49.1 Å². The van der Waals surface area contributed by atoms with Crippen LogP contribution >= 0.6 is 23.1 Å². The van der Waals surface area contributed by atoms with E-state index in [4.69, 9.17) is 22.1 Å². The van der Waals surface area contributed by atoms with E-state index in [9.17, 15) is 19.2 Å². The summed E-state index contributed by atoms with van der Waals surface area (Å²) in [4.78, 5) is 54.3. The number of amides is 4. The molecule has 0 radical (unpaired) electrons. The largest absolute Gasteiger partial charge is 0.379 e. The third-order valence-electron chi connectivity index (χ3n) is 8.07. The fourth-order valence-electron chi connectivity index (χ4n) is 5.40. The molecule has 0 aliphatic carbocycles. The molecule has 0 unspecified atom stereocenters. The first-order valence-electron chi connectivity index (χ1n) is 16.1. The highest BCUT2D eigenvalue weighted by Crippen LogP contribution is 2.31. The van der Waals surface area contributed by atoms with Crippen LogP contribution in [0, 0.1) is 0 Å². The third kappa shape index (κ3) is 9.10. The minimum absolute atomic E-state index is 0.0809. The number of carbonyl (C=O) groups is 4. The Kier molecular flexibility index (Phi) is 12.3. The summed E-state index contributed by atoms with van der Waals surface area (Å²) in [7, 11) is 5.09. The Hall–Kier alpha value is -4.68. The van der Waals surface area contributed by atoms with Crippen molar-refractivity contribution in [2.24, 2.45) is 26.9 Å². The van der Waals surface area contributed by atoms with Gasteiger partial charge in [0.2, 0.25) is 0 Å². The molecule has 0 aromatic carbocycles. The van der Waals surface area contributed by atoms with E-state index in [1.165, 1.54) is 6.07 Å². The van der Waals surface area contributed by atoms with E-state index in [1.54, 1.807) is 65.6 Å². The van der Waals surface area contributed by atoms with Gasteiger partial charge < -0.3 is 50.8 Å². The van der Waals surface area contributed by atoms with Gasteiger partial charge in [0.05, 0.1) is 30.3 Å². The number of ether oxygens (including phenoxy) is 1. The van der Waals surface area contributed by atoms with Crippen LogP contribution in [0.1, 0.15) is 54.8 Å². The van der Waals surface area contributed by atoms with Gasteiger partial charge in [0.25, 0.3) is 23.6 Å². The van der Waals surface area contributed by atoms with Crippen molar-refractivity contribution in [1.29, 1.82) is 0 Å². The normalized spacial score (nSPS) is 13.2. The monoisotopic (exact) mass is 727 g/mol. The van der Waals surface area contributed by atoms with E-state index in [1.807, 2.05) is 0 Å². The van der Waals surface area contributed by atoms with Crippen molar-refractivity contribution in [1.82, 2.24) is 28.3 Å². The van der Waals surface area contributed by atoms with Crippen molar-refractivity contribution in [2.45, 2.75) is 12.8 Å². The number of unbranched alkanes of at least 4 members (excludes halogenated alkanes) is 1. The minimum atomic E-state index is -0.507. The number of aromatic nitrogens is 4. The average Bonchev–Trinajstić information content (AvgIpc) is 3.85. The number of hydrogen-bond donors (Lipinski definition) is 6. The van der Waals surface area contributed by atoms with Gasteiger partial charge >= 0.3 is 0 Å². The summed E-state index contributed by atoms with van der Waals surface area (Å²) in [6.07, 6.45) is 6.61. The Labute approximate surface area is 298 Å². The number of carbonyl (C=O) groups excluding carboxylic acids is 4. The first-order valence-corrected chi connectivity index (χ1v) is 17.3. The molecule has 0 atom stereocenters. The molecule has 0 saturated carbocycles. The van der Waals surface area contributed by atoms with Gasteiger partial charge in [-0.15, -0.1) is 0 Å². The molecule has 50 heavy (non-hydrogen) atoms. The maximum Gasteiger partial charge on any atom is 0.277 e. The SMILES string of the molecule is Cn1cc(NC(=O)c2cc(NC(=O)c3cc(NC(=O)c4nsc(NCCCCN)c4Cl)cn3C)cn2C)cc1C(=O)NCCN1CCOCC1. The lowest BCUT2D eigenvalue weighted by molar-refractivity contribution is 0.0383. The molecule has 5 rings (SSSR count). The molecule has 0 spiro atoms. The van der Waals surface area contributed by atoms with E-state index in [0.29, 0.717) is 60.6 Å². The number of nitrogens with one attached hydrogen (secondary N) is 5. The average molecular weight is 728 g/mol. The zero-order chi connectivity index (χ0) is 35.8. The second-order valence-electron chi connectivity index (χ2n) is 11.8. The number of nitrogens with zero attached hydrogens (tertiary/aromatic N) is 5. The number of aryl methyl sites for hydroxylation is 3. The summed E-state index contributed by atoms with van der Waals surface area (Å²) in [5, 5.41) is 15.3. The molecule has 1 aliphatic heterocycles. The number of nitrogens with two attached hydrogens (primary N) is 1. The van der Waals surface area contributed by atoms with Gasteiger partial charge in [-0.2, -0.15) is 4.37 Å².